The van der Waals surface area contributed by atoms with Crippen LogP contribution in [0.2, 0.25) is 0 Å². The van der Waals surface area contributed by atoms with E-state index in [2.05, 4.69) is 0 Å². The normalized spacial score (nSPS) is 19.3. The molecule has 35 heavy (non-hydrogen) atoms. The van der Waals surface area contributed by atoms with Crippen LogP contribution in [0.4, 0.5) is 74.6 Å². The Labute approximate surface area is 188 Å². The molecule has 0 heterocycles. The van der Waals surface area contributed by atoms with Crippen molar-refractivity contribution in [2.45, 2.75) is 94.6 Å². The van der Waals surface area contributed by atoms with Gasteiger partial charge in [0.2, 0.25) is 5.67 Å². The van der Waals surface area contributed by atoms with Gasteiger partial charge in [-0.25, -0.2) is 22.0 Å². The Bertz CT molecular complexity index is 650. The monoisotopic (exact) mass is 560 g/mol. The fourth-order valence-corrected chi connectivity index (χ4v) is 3.37. The number of halogens is 17. The molecule has 17 heteroatoms. The van der Waals surface area contributed by atoms with E-state index in [-0.39, 0.29) is 0 Å². The molecular weight excluding hydrogens is 539 g/mol. The molecular formula is C18H21F17. The Balaban J connectivity index is 5.86. The smallest absolute Gasteiger partial charge is 0.234 e. The second kappa shape index (κ2) is 10.7. The summed E-state index contributed by atoms with van der Waals surface area (Å²) in [4.78, 5) is 0. The molecule has 0 radical (unpaired) electrons. The summed E-state index contributed by atoms with van der Waals surface area (Å²) in [6, 6.07) is 0. The Hall–Kier alpha value is -1.19. The zero-order valence-electron chi connectivity index (χ0n) is 17.9. The first kappa shape index (κ1) is 33.8. The van der Waals surface area contributed by atoms with Gasteiger partial charge in [-0.05, 0) is 26.2 Å². The van der Waals surface area contributed by atoms with Crippen LogP contribution in [0.3, 0.4) is 0 Å². The molecule has 0 aliphatic heterocycles. The van der Waals surface area contributed by atoms with Crippen LogP contribution in [-0.4, -0.2) is 42.2 Å². The summed E-state index contributed by atoms with van der Waals surface area (Å²) in [5.41, 5.74) is -4.73. The SMILES string of the molecule is CCC(CC(CC(CC(F)(F)CC(F)(F)CC(C)(F)C(F)(F)F)C(F)(F)F)C(F)(F)F)C(F)(F)F. The highest BCUT2D eigenvalue weighted by atomic mass is 19.4. The largest absolute Gasteiger partial charge is 0.422 e. The molecule has 0 nitrogen and oxygen atoms in total. The maximum Gasteiger partial charge on any atom is 0.422 e. The predicted octanol–water partition coefficient (Wildman–Crippen LogP) is 9.44. The number of rotatable bonds is 11. The van der Waals surface area contributed by atoms with E-state index in [1.165, 1.54) is 0 Å². The molecule has 212 valence electrons. The van der Waals surface area contributed by atoms with Crippen LogP contribution in [0.25, 0.3) is 0 Å². The van der Waals surface area contributed by atoms with Crippen molar-refractivity contribution in [2.24, 2.45) is 17.8 Å². The van der Waals surface area contributed by atoms with Crippen molar-refractivity contribution in [2.75, 3.05) is 0 Å². The number of hydrogen-bond donors (Lipinski definition) is 0. The summed E-state index contributed by atoms with van der Waals surface area (Å²) in [6.45, 7) is 0.346. The van der Waals surface area contributed by atoms with Crippen LogP contribution in [0, 0.1) is 17.8 Å². The Morgan fingerprint density at radius 2 is 0.857 bits per heavy atom. The van der Waals surface area contributed by atoms with Gasteiger partial charge in [-0.3, -0.25) is 0 Å². The summed E-state index contributed by atoms with van der Waals surface area (Å²) in [7, 11) is 0. The highest BCUT2D eigenvalue weighted by Crippen LogP contribution is 2.49. The van der Waals surface area contributed by atoms with Crippen LogP contribution in [0.15, 0.2) is 0 Å². The molecule has 0 fully saturated rings. The van der Waals surface area contributed by atoms with E-state index in [1.807, 2.05) is 0 Å². The van der Waals surface area contributed by atoms with E-state index in [1.54, 1.807) is 0 Å². The number of hydrogen-bond acceptors (Lipinski definition) is 0. The van der Waals surface area contributed by atoms with Crippen LogP contribution in [0.1, 0.15) is 52.4 Å². The first-order chi connectivity index (χ1) is 15.0. The van der Waals surface area contributed by atoms with Crippen molar-refractivity contribution >= 4 is 0 Å². The Kier molecular flexibility index (Phi) is 10.3. The van der Waals surface area contributed by atoms with E-state index in [0.29, 0.717) is 0 Å². The molecule has 0 aromatic heterocycles. The van der Waals surface area contributed by atoms with Crippen molar-refractivity contribution in [3.05, 3.63) is 0 Å². The van der Waals surface area contributed by atoms with Gasteiger partial charge in [0.1, 0.15) is 0 Å². The van der Waals surface area contributed by atoms with Crippen molar-refractivity contribution in [3.8, 4) is 0 Å². The fourth-order valence-electron chi connectivity index (χ4n) is 3.37. The predicted molar refractivity (Wildman–Crippen MR) is 87.5 cm³/mol. The molecule has 0 amide bonds. The average Bonchev–Trinajstić information content (AvgIpc) is 2.50. The summed E-state index contributed by atoms with van der Waals surface area (Å²) in [5, 5.41) is 0. The van der Waals surface area contributed by atoms with Crippen LogP contribution < -0.4 is 0 Å². The summed E-state index contributed by atoms with van der Waals surface area (Å²) >= 11 is 0. The minimum absolute atomic E-state index is 0.434. The maximum atomic E-state index is 14.0. The lowest BCUT2D eigenvalue weighted by atomic mass is 9.82. The van der Waals surface area contributed by atoms with E-state index >= 15 is 0 Å². The Morgan fingerprint density at radius 3 is 1.17 bits per heavy atom. The van der Waals surface area contributed by atoms with Crippen LogP contribution in [-0.2, 0) is 0 Å². The van der Waals surface area contributed by atoms with Gasteiger partial charge >= 0.3 is 24.7 Å². The van der Waals surface area contributed by atoms with E-state index in [0.717, 1.165) is 6.92 Å². The van der Waals surface area contributed by atoms with E-state index in [9.17, 15) is 74.6 Å². The standard InChI is InChI=1S/C18H21F17/c1-3-9(15(24,25)26)4-10(16(27,28)29)5-11(17(30,31)32)6-13(20,21)8-14(22,23)7-12(2,19)18(33,34)35/h9-11H,3-8H2,1-2H3. The average molecular weight is 560 g/mol. The fraction of sp³-hybridized carbons (Fsp3) is 1.00. The molecule has 4 unspecified atom stereocenters. The van der Waals surface area contributed by atoms with E-state index < -0.39 is 105 Å². The second-order valence-electron chi connectivity index (χ2n) is 8.56. The van der Waals surface area contributed by atoms with Gasteiger partial charge in [-0.2, -0.15) is 52.7 Å². The van der Waals surface area contributed by atoms with Gasteiger partial charge in [0.05, 0.1) is 30.6 Å². The lowest BCUT2D eigenvalue weighted by molar-refractivity contribution is -0.254. The zero-order valence-corrected chi connectivity index (χ0v) is 17.9. The van der Waals surface area contributed by atoms with E-state index in [4.69, 9.17) is 0 Å². The molecule has 0 aromatic carbocycles. The van der Waals surface area contributed by atoms with Gasteiger partial charge in [-0.15, -0.1) is 0 Å². The molecule has 0 N–H and O–H groups in total. The molecule has 4 atom stereocenters. The molecule has 0 aliphatic rings. The molecule has 0 saturated carbocycles. The topological polar surface area (TPSA) is 0 Å². The van der Waals surface area contributed by atoms with Gasteiger partial charge in [0.25, 0.3) is 11.8 Å². The molecule has 0 aromatic rings. The Morgan fingerprint density at radius 1 is 0.486 bits per heavy atom. The quantitative estimate of drug-likeness (QED) is 0.221. The van der Waals surface area contributed by atoms with Crippen molar-refractivity contribution < 1.29 is 74.6 Å². The zero-order chi connectivity index (χ0) is 28.5. The third kappa shape index (κ3) is 11.2. The molecule has 0 bridgehead atoms. The van der Waals surface area contributed by atoms with Crippen molar-refractivity contribution in [1.82, 2.24) is 0 Å². The second-order valence-corrected chi connectivity index (χ2v) is 8.56. The lowest BCUT2D eigenvalue weighted by Gasteiger charge is -2.33. The highest BCUT2D eigenvalue weighted by Gasteiger charge is 2.60. The first-order valence-corrected chi connectivity index (χ1v) is 9.75. The van der Waals surface area contributed by atoms with Crippen molar-refractivity contribution in [3.63, 3.8) is 0 Å². The molecule has 0 spiro atoms. The lowest BCUT2D eigenvalue weighted by Crippen LogP contribution is -2.45. The first-order valence-electron chi connectivity index (χ1n) is 9.75. The maximum absolute atomic E-state index is 14.0. The van der Waals surface area contributed by atoms with Crippen LogP contribution in [0.5, 0.6) is 0 Å². The van der Waals surface area contributed by atoms with Gasteiger partial charge in [0, 0.05) is 6.42 Å². The van der Waals surface area contributed by atoms with Gasteiger partial charge in [-0.1, -0.05) is 6.92 Å². The minimum Gasteiger partial charge on any atom is -0.234 e. The third-order valence-corrected chi connectivity index (χ3v) is 5.26. The minimum atomic E-state index is -5.96. The third-order valence-electron chi connectivity index (χ3n) is 5.26. The van der Waals surface area contributed by atoms with Crippen LogP contribution >= 0.6 is 0 Å². The van der Waals surface area contributed by atoms with Gasteiger partial charge in [0.15, 0.2) is 0 Å². The number of alkyl halides is 17. The summed E-state index contributed by atoms with van der Waals surface area (Å²) < 4.78 is 224. The highest BCUT2D eigenvalue weighted by molar-refractivity contribution is 4.92. The summed E-state index contributed by atoms with van der Waals surface area (Å²) in [5.74, 6) is -20.4. The summed E-state index contributed by atoms with van der Waals surface area (Å²) in [6.07, 6.45) is -37.0. The molecule has 0 aliphatic carbocycles. The van der Waals surface area contributed by atoms with Crippen molar-refractivity contribution in [1.29, 1.82) is 0 Å². The molecule has 0 rings (SSSR count). The van der Waals surface area contributed by atoms with Gasteiger partial charge < -0.3 is 0 Å². The molecule has 0 saturated heterocycles.